The second-order valence-corrected chi connectivity index (χ2v) is 15.8. The Labute approximate surface area is 320 Å². The van der Waals surface area contributed by atoms with Gasteiger partial charge in [-0.1, -0.05) is 18.2 Å². The third-order valence-electron chi connectivity index (χ3n) is 11.0. The number of carbonyl (C=O) groups is 4. The summed E-state index contributed by atoms with van der Waals surface area (Å²) >= 11 is 6.84. The van der Waals surface area contributed by atoms with Crippen molar-refractivity contribution in [2.24, 2.45) is 5.92 Å². The van der Waals surface area contributed by atoms with Gasteiger partial charge < -0.3 is 30.2 Å². The Hall–Kier alpha value is -3.44. The van der Waals surface area contributed by atoms with E-state index in [1.165, 1.54) is 12.0 Å². The molecule has 3 fully saturated rings. The van der Waals surface area contributed by atoms with E-state index in [9.17, 15) is 29.4 Å². The number of piperazine rings is 1. The Morgan fingerprint density at radius 2 is 1.63 bits per heavy atom. The van der Waals surface area contributed by atoms with Crippen molar-refractivity contribution >= 4 is 61.5 Å². The van der Waals surface area contributed by atoms with Crippen LogP contribution in [-0.2, 0) is 27.3 Å². The van der Waals surface area contributed by atoms with Gasteiger partial charge in [0.05, 0.1) is 28.5 Å². The number of piperidine rings is 2. The molecule has 3 atom stereocenters. The Morgan fingerprint density at radius 1 is 0.962 bits per heavy atom. The van der Waals surface area contributed by atoms with E-state index >= 15 is 0 Å². The summed E-state index contributed by atoms with van der Waals surface area (Å²) in [6.45, 7) is 5.29. The fourth-order valence-electron chi connectivity index (χ4n) is 8.32. The number of fused-ring (bicyclic) bond motifs is 1. The van der Waals surface area contributed by atoms with Gasteiger partial charge in [0.15, 0.2) is 0 Å². The Morgan fingerprint density at radius 3 is 2.31 bits per heavy atom. The number of carboxylic acid groups (broad SMARTS) is 1. The first-order valence-electron chi connectivity index (χ1n) is 17.9. The molecule has 2 unspecified atom stereocenters. The number of amides is 5. The van der Waals surface area contributed by atoms with E-state index in [1.807, 2.05) is 34.1 Å². The number of carbonyl (C=O) groups excluding carboxylic acids is 3. The van der Waals surface area contributed by atoms with E-state index in [2.05, 4.69) is 52.5 Å². The third kappa shape index (κ3) is 8.84. The lowest BCUT2D eigenvalue weighted by Gasteiger charge is -2.46. The van der Waals surface area contributed by atoms with Crippen LogP contribution >= 0.6 is 31.9 Å². The van der Waals surface area contributed by atoms with Crippen LogP contribution in [0.4, 0.5) is 15.3 Å². The predicted molar refractivity (Wildman–Crippen MR) is 201 cm³/mol. The molecule has 6 rings (SSSR count). The molecule has 282 valence electrons. The van der Waals surface area contributed by atoms with Gasteiger partial charge in [0, 0.05) is 76.2 Å². The Kier molecular flexibility index (Phi) is 12.6. The molecule has 5 amide bonds. The second kappa shape index (κ2) is 17.1. The topological polar surface area (TPSA) is 158 Å². The molecular formula is C36H47Br2N7O7. The van der Waals surface area contributed by atoms with Crippen LogP contribution in [-0.4, -0.2) is 143 Å². The lowest BCUT2D eigenvalue weighted by atomic mass is 9.82. The first kappa shape index (κ1) is 38.3. The van der Waals surface area contributed by atoms with Crippen LogP contribution in [0.15, 0.2) is 45.3 Å². The largest absolute Gasteiger partial charge is 0.506 e. The van der Waals surface area contributed by atoms with Gasteiger partial charge in [0.25, 0.3) is 5.91 Å². The monoisotopic (exact) mass is 847 g/mol. The van der Waals surface area contributed by atoms with Gasteiger partial charge in [-0.15, -0.1) is 0 Å². The summed E-state index contributed by atoms with van der Waals surface area (Å²) in [5.41, 5.74) is 4.98. The number of phenolic OH excluding ortho intramolecular Hbond substituents is 1. The second-order valence-electron chi connectivity index (χ2n) is 14.1. The van der Waals surface area contributed by atoms with E-state index in [0.29, 0.717) is 53.9 Å². The highest BCUT2D eigenvalue weighted by molar-refractivity contribution is 9.11. The Balaban J connectivity index is 1.18. The molecular weight excluding hydrogens is 802 g/mol. The first-order chi connectivity index (χ1) is 25.0. The van der Waals surface area contributed by atoms with Crippen LogP contribution in [0.3, 0.4) is 0 Å². The van der Waals surface area contributed by atoms with E-state index in [0.717, 1.165) is 55.8 Å². The van der Waals surface area contributed by atoms with Crippen molar-refractivity contribution in [2.75, 3.05) is 71.3 Å². The molecule has 3 saturated heterocycles. The molecule has 16 heteroatoms. The lowest BCUT2D eigenvalue weighted by Crippen LogP contribution is -2.59. The van der Waals surface area contributed by atoms with Crippen LogP contribution < -0.4 is 10.8 Å². The predicted octanol–water partition coefficient (Wildman–Crippen LogP) is 3.96. The summed E-state index contributed by atoms with van der Waals surface area (Å²) in [6, 6.07) is 10.5. The van der Waals surface area contributed by atoms with E-state index in [4.69, 9.17) is 4.84 Å². The highest BCUT2D eigenvalue weighted by Crippen LogP contribution is 2.37. The number of halogens is 2. The molecule has 0 spiro atoms. The lowest BCUT2D eigenvalue weighted by molar-refractivity contribution is -0.140. The molecule has 0 bridgehead atoms. The number of hydrogen-bond acceptors (Lipinski definition) is 8. The first-order valence-corrected chi connectivity index (χ1v) is 19.5. The number of anilines is 1. The fourth-order valence-corrected chi connectivity index (χ4v) is 9.60. The zero-order chi connectivity index (χ0) is 36.9. The average Bonchev–Trinajstić information content (AvgIpc) is 3.30. The van der Waals surface area contributed by atoms with Crippen molar-refractivity contribution < 1.29 is 34.2 Å². The van der Waals surface area contributed by atoms with Crippen molar-refractivity contribution in [3.8, 4) is 5.75 Å². The summed E-state index contributed by atoms with van der Waals surface area (Å²) in [7, 11) is 1.42. The maximum absolute atomic E-state index is 14.7. The van der Waals surface area contributed by atoms with Gasteiger partial charge in [-0.3, -0.25) is 24.2 Å². The van der Waals surface area contributed by atoms with E-state index < -0.39 is 18.1 Å². The zero-order valence-electron chi connectivity index (χ0n) is 29.3. The van der Waals surface area contributed by atoms with Gasteiger partial charge in [-0.05, 0) is 99.7 Å². The summed E-state index contributed by atoms with van der Waals surface area (Å²) in [6.07, 6.45) is 2.24. The summed E-state index contributed by atoms with van der Waals surface area (Å²) in [4.78, 5) is 67.4. The molecule has 0 radical (unpaired) electrons. The molecule has 2 aromatic carbocycles. The number of hydrogen-bond donors (Lipinski definition) is 4. The number of benzene rings is 2. The normalized spacial score (nSPS) is 22.7. The number of nitrogens with one attached hydrogen (secondary N) is 2. The number of rotatable bonds is 9. The molecule has 0 saturated carbocycles. The van der Waals surface area contributed by atoms with Crippen LogP contribution in [0.5, 0.6) is 5.75 Å². The quantitative estimate of drug-likeness (QED) is 0.275. The van der Waals surface area contributed by atoms with Gasteiger partial charge in [0.2, 0.25) is 5.91 Å². The smallest absolute Gasteiger partial charge is 0.407 e. The highest BCUT2D eigenvalue weighted by atomic mass is 79.9. The molecule has 0 aromatic heterocycles. The third-order valence-corrected chi connectivity index (χ3v) is 12.3. The van der Waals surface area contributed by atoms with Gasteiger partial charge in [-0.2, -0.15) is 0 Å². The molecule has 0 aliphatic carbocycles. The molecule has 52 heavy (non-hydrogen) atoms. The number of aromatic hydroxyl groups is 1. The zero-order valence-corrected chi connectivity index (χ0v) is 32.5. The van der Waals surface area contributed by atoms with Crippen LogP contribution in [0.25, 0.3) is 0 Å². The number of para-hydroxylation sites is 1. The molecule has 4 heterocycles. The minimum atomic E-state index is -1.08. The maximum Gasteiger partial charge on any atom is 0.407 e. The number of nitrogens with zero attached hydrogens (tertiary/aromatic N) is 5. The van der Waals surface area contributed by atoms with Crippen LogP contribution in [0, 0.1) is 5.92 Å². The molecule has 4 N–H and O–H groups in total. The summed E-state index contributed by atoms with van der Waals surface area (Å²) in [5.74, 6) is -0.939. The SMILES string of the molecule is CONC(=O)CN1CCN(C2CCN(C(=O)C(Cc3cc(Br)c(O)c(Br)c3)[C@H]3CC(N4CCc5ccccc5NC4=O)CCN3C(=O)O)CC2)CC1. The molecule has 4 aliphatic rings. The van der Waals surface area contributed by atoms with Gasteiger partial charge >= 0.3 is 12.1 Å². The Bertz CT molecular complexity index is 1610. The molecule has 4 aliphatic heterocycles. The van der Waals surface area contributed by atoms with Crippen molar-refractivity contribution in [3.63, 3.8) is 0 Å². The standard InChI is InChI=1S/C36H47Br2N7O7/c1-52-40-32(46)22-41-14-16-42(17-15-41)25-7-10-43(11-8-25)34(48)27(18-23-19-28(37)33(47)29(38)20-23)31-21-26(9-13-45(31)36(50)51)44-12-6-24-4-2-3-5-30(24)39-35(44)49/h2-5,19-20,25-27,31,47H,6-18,21-22H2,1H3,(H,39,49)(H,40,46)(H,50,51)/t26?,27?,31-/m1/s1. The fraction of sp³-hybridized carbons (Fsp3) is 0.556. The van der Waals surface area contributed by atoms with Crippen molar-refractivity contribution in [1.82, 2.24) is 30.0 Å². The highest BCUT2D eigenvalue weighted by Gasteiger charge is 2.44. The van der Waals surface area contributed by atoms with Gasteiger partial charge in [-0.25, -0.2) is 15.1 Å². The van der Waals surface area contributed by atoms with E-state index in [-0.39, 0.29) is 49.1 Å². The van der Waals surface area contributed by atoms with Crippen LogP contribution in [0.1, 0.15) is 36.8 Å². The minimum absolute atomic E-state index is 0.0471. The maximum atomic E-state index is 14.7. The molecule has 14 nitrogen and oxygen atoms in total. The summed E-state index contributed by atoms with van der Waals surface area (Å²) < 4.78 is 0.946. The van der Waals surface area contributed by atoms with E-state index in [1.54, 1.807) is 12.1 Å². The van der Waals surface area contributed by atoms with Crippen LogP contribution in [0.2, 0.25) is 0 Å². The molecule has 2 aromatic rings. The number of phenols is 1. The van der Waals surface area contributed by atoms with Crippen molar-refractivity contribution in [1.29, 1.82) is 0 Å². The van der Waals surface area contributed by atoms with Gasteiger partial charge in [0.1, 0.15) is 5.75 Å². The van der Waals surface area contributed by atoms with Crippen molar-refractivity contribution in [2.45, 2.75) is 56.7 Å². The summed E-state index contributed by atoms with van der Waals surface area (Å²) in [5, 5.41) is 23.9. The van der Waals surface area contributed by atoms with Crippen molar-refractivity contribution in [3.05, 3.63) is 56.5 Å². The number of hydroxylamine groups is 1. The number of urea groups is 1. The average molecular weight is 850 g/mol. The minimum Gasteiger partial charge on any atom is -0.506 e. The number of likely N-dealkylation sites (tertiary alicyclic amines) is 2.